The number of benzene rings is 2. The average molecular weight is 447 g/mol. The summed E-state index contributed by atoms with van der Waals surface area (Å²) in [6.07, 6.45) is 0.396. The molecule has 33 heavy (non-hydrogen) atoms. The van der Waals surface area contributed by atoms with Gasteiger partial charge in [-0.1, -0.05) is 24.3 Å². The van der Waals surface area contributed by atoms with Crippen molar-refractivity contribution in [3.63, 3.8) is 0 Å². The lowest BCUT2D eigenvalue weighted by Gasteiger charge is -2.45. The standard InChI is InChI=1S/C24H22FN5O3/c1-27-20(31)14-29-22(17-7-5-15(13-26)6-8-17)21-19(9-10-28-23(21)32)30(24(29)33)18-4-2-3-16(11-18)12-25/h2-8,11,22H,9-10,12,14H2,1H3,(H,27,31)(H,28,32). The van der Waals surface area contributed by atoms with Crippen LogP contribution >= 0.6 is 0 Å². The fourth-order valence-electron chi connectivity index (χ4n) is 4.20. The molecule has 0 spiro atoms. The molecule has 0 radical (unpaired) electrons. The topological polar surface area (TPSA) is 106 Å². The Morgan fingerprint density at radius 2 is 2.00 bits per heavy atom. The molecule has 0 aliphatic carbocycles. The Kier molecular flexibility index (Phi) is 6.09. The lowest BCUT2D eigenvalue weighted by Crippen LogP contribution is -2.56. The van der Waals surface area contributed by atoms with Crippen LogP contribution in [0.4, 0.5) is 14.9 Å². The minimum absolute atomic E-state index is 0.288. The predicted molar refractivity (Wildman–Crippen MR) is 118 cm³/mol. The highest BCUT2D eigenvalue weighted by Gasteiger charge is 2.45. The van der Waals surface area contributed by atoms with E-state index in [9.17, 15) is 18.8 Å². The fraction of sp³-hybridized carbons (Fsp3) is 0.250. The maximum Gasteiger partial charge on any atom is 0.330 e. The van der Waals surface area contributed by atoms with E-state index in [0.717, 1.165) is 0 Å². The van der Waals surface area contributed by atoms with Gasteiger partial charge in [0.05, 0.1) is 28.9 Å². The number of hydrogen-bond donors (Lipinski definition) is 2. The third kappa shape index (κ3) is 4.03. The van der Waals surface area contributed by atoms with Crippen molar-refractivity contribution in [1.29, 1.82) is 5.26 Å². The van der Waals surface area contributed by atoms with Crippen LogP contribution in [0.3, 0.4) is 0 Å². The van der Waals surface area contributed by atoms with E-state index in [1.807, 2.05) is 6.07 Å². The van der Waals surface area contributed by atoms with Gasteiger partial charge in [-0.05, 0) is 35.4 Å². The van der Waals surface area contributed by atoms with Crippen LogP contribution in [0.25, 0.3) is 0 Å². The van der Waals surface area contributed by atoms with E-state index in [-0.39, 0.29) is 12.5 Å². The molecule has 1 atom stereocenters. The normalized spacial score (nSPS) is 17.9. The van der Waals surface area contributed by atoms with Gasteiger partial charge in [0.2, 0.25) is 5.91 Å². The summed E-state index contributed by atoms with van der Waals surface area (Å²) in [6, 6.07) is 13.8. The highest BCUT2D eigenvalue weighted by Crippen LogP contribution is 2.41. The number of likely N-dealkylation sites (N-methyl/N-ethyl adjacent to an activating group) is 1. The number of nitriles is 1. The van der Waals surface area contributed by atoms with Crippen LogP contribution in [0, 0.1) is 11.3 Å². The molecule has 0 fully saturated rings. The Hall–Kier alpha value is -4.19. The first kappa shape index (κ1) is 22.0. The number of halogens is 1. The maximum absolute atomic E-state index is 13.8. The molecule has 0 saturated carbocycles. The van der Waals surface area contributed by atoms with Crippen molar-refractivity contribution < 1.29 is 18.8 Å². The molecule has 2 heterocycles. The van der Waals surface area contributed by atoms with Crippen LogP contribution in [-0.4, -0.2) is 42.9 Å². The summed E-state index contributed by atoms with van der Waals surface area (Å²) in [5.41, 5.74) is 2.73. The Morgan fingerprint density at radius 3 is 2.67 bits per heavy atom. The third-order valence-corrected chi connectivity index (χ3v) is 5.77. The zero-order chi connectivity index (χ0) is 23.5. The van der Waals surface area contributed by atoms with Crippen molar-refractivity contribution in [2.24, 2.45) is 0 Å². The van der Waals surface area contributed by atoms with Crippen LogP contribution in [0.5, 0.6) is 0 Å². The molecule has 0 saturated heterocycles. The molecular weight excluding hydrogens is 425 g/mol. The molecule has 2 aromatic carbocycles. The minimum atomic E-state index is -0.821. The van der Waals surface area contributed by atoms with Gasteiger partial charge in [-0.3, -0.25) is 14.5 Å². The second kappa shape index (κ2) is 9.12. The number of amides is 4. The summed E-state index contributed by atoms with van der Waals surface area (Å²) >= 11 is 0. The highest BCUT2D eigenvalue weighted by molar-refractivity contribution is 6.06. The number of hydrogen-bond acceptors (Lipinski definition) is 4. The number of rotatable bonds is 5. The van der Waals surface area contributed by atoms with Gasteiger partial charge in [-0.15, -0.1) is 0 Å². The Labute approximate surface area is 190 Å². The van der Waals surface area contributed by atoms with E-state index in [1.165, 1.54) is 16.8 Å². The van der Waals surface area contributed by atoms with Gasteiger partial charge in [-0.25, -0.2) is 9.18 Å². The highest BCUT2D eigenvalue weighted by atomic mass is 19.1. The number of anilines is 1. The summed E-state index contributed by atoms with van der Waals surface area (Å²) in [5.74, 6) is -0.744. The van der Waals surface area contributed by atoms with Gasteiger partial charge in [0.1, 0.15) is 13.2 Å². The van der Waals surface area contributed by atoms with Crippen LogP contribution in [0.1, 0.15) is 29.2 Å². The first-order chi connectivity index (χ1) is 16.0. The molecule has 2 N–H and O–H groups in total. The molecule has 0 aromatic heterocycles. The van der Waals surface area contributed by atoms with Gasteiger partial charge in [-0.2, -0.15) is 5.26 Å². The second-order valence-corrected chi connectivity index (χ2v) is 7.73. The van der Waals surface area contributed by atoms with E-state index in [1.54, 1.807) is 48.5 Å². The van der Waals surface area contributed by atoms with E-state index >= 15 is 0 Å². The lowest BCUT2D eigenvalue weighted by molar-refractivity contribution is -0.122. The molecular formula is C24H22FN5O3. The SMILES string of the molecule is CNC(=O)CN1C(=O)N(c2cccc(CF)c2)C2=C(C(=O)NCC2)C1c1ccc(C#N)cc1. The molecule has 2 aromatic rings. The summed E-state index contributed by atoms with van der Waals surface area (Å²) < 4.78 is 13.3. The smallest absolute Gasteiger partial charge is 0.330 e. The molecule has 168 valence electrons. The van der Waals surface area contributed by atoms with Crippen LogP contribution in [0.15, 0.2) is 59.8 Å². The number of nitrogens with zero attached hydrogens (tertiary/aromatic N) is 3. The van der Waals surface area contributed by atoms with Gasteiger partial charge >= 0.3 is 6.03 Å². The van der Waals surface area contributed by atoms with Crippen molar-refractivity contribution in [1.82, 2.24) is 15.5 Å². The van der Waals surface area contributed by atoms with Crippen LogP contribution in [-0.2, 0) is 16.3 Å². The molecule has 4 amide bonds. The Bertz CT molecular complexity index is 1190. The van der Waals surface area contributed by atoms with Crippen molar-refractivity contribution >= 4 is 23.5 Å². The zero-order valence-corrected chi connectivity index (χ0v) is 18.0. The zero-order valence-electron chi connectivity index (χ0n) is 18.0. The number of alkyl halides is 1. The van der Waals surface area contributed by atoms with E-state index in [4.69, 9.17) is 5.26 Å². The maximum atomic E-state index is 13.8. The van der Waals surface area contributed by atoms with Gasteiger partial charge in [0.25, 0.3) is 5.91 Å². The summed E-state index contributed by atoms with van der Waals surface area (Å²) in [5, 5.41) is 14.5. The van der Waals surface area contributed by atoms with Crippen molar-refractivity contribution in [2.45, 2.75) is 19.1 Å². The van der Waals surface area contributed by atoms with E-state index in [2.05, 4.69) is 10.6 Å². The first-order valence-corrected chi connectivity index (χ1v) is 10.5. The number of carbonyl (C=O) groups is 3. The minimum Gasteiger partial charge on any atom is -0.358 e. The van der Waals surface area contributed by atoms with Crippen molar-refractivity contribution in [3.8, 4) is 6.07 Å². The van der Waals surface area contributed by atoms with Crippen molar-refractivity contribution in [2.75, 3.05) is 25.0 Å². The van der Waals surface area contributed by atoms with Gasteiger partial charge in [0.15, 0.2) is 0 Å². The summed E-state index contributed by atoms with van der Waals surface area (Å²) in [7, 11) is 1.47. The fourth-order valence-corrected chi connectivity index (χ4v) is 4.20. The Morgan fingerprint density at radius 1 is 1.24 bits per heavy atom. The molecule has 2 aliphatic rings. The number of urea groups is 1. The molecule has 0 bridgehead atoms. The van der Waals surface area contributed by atoms with E-state index in [0.29, 0.717) is 46.6 Å². The van der Waals surface area contributed by atoms with Gasteiger partial charge < -0.3 is 15.5 Å². The van der Waals surface area contributed by atoms with Crippen LogP contribution in [0.2, 0.25) is 0 Å². The van der Waals surface area contributed by atoms with Crippen LogP contribution < -0.4 is 15.5 Å². The second-order valence-electron chi connectivity index (χ2n) is 7.73. The largest absolute Gasteiger partial charge is 0.358 e. The molecule has 1 unspecified atom stereocenters. The molecule has 8 nitrogen and oxygen atoms in total. The van der Waals surface area contributed by atoms with Gasteiger partial charge in [0, 0.05) is 25.7 Å². The number of carbonyl (C=O) groups excluding carboxylic acids is 3. The number of nitrogens with one attached hydrogen (secondary N) is 2. The predicted octanol–water partition coefficient (Wildman–Crippen LogP) is 2.53. The lowest BCUT2D eigenvalue weighted by atomic mass is 9.88. The Balaban J connectivity index is 1.93. The third-order valence-electron chi connectivity index (χ3n) is 5.77. The molecule has 4 rings (SSSR count). The molecule has 2 aliphatic heterocycles. The summed E-state index contributed by atoms with van der Waals surface area (Å²) in [6.45, 7) is -0.638. The summed E-state index contributed by atoms with van der Waals surface area (Å²) in [4.78, 5) is 42.0. The first-order valence-electron chi connectivity index (χ1n) is 10.5. The monoisotopic (exact) mass is 447 g/mol. The van der Waals surface area contributed by atoms with E-state index < -0.39 is 24.7 Å². The average Bonchev–Trinajstić information content (AvgIpc) is 2.85. The molecule has 9 heteroatoms. The van der Waals surface area contributed by atoms with Crippen molar-refractivity contribution in [3.05, 3.63) is 76.5 Å². The quantitative estimate of drug-likeness (QED) is 0.735.